The predicted octanol–water partition coefficient (Wildman–Crippen LogP) is 4.50. The van der Waals surface area contributed by atoms with Crippen LogP contribution in [0.5, 0.6) is 0 Å². The van der Waals surface area contributed by atoms with Crippen LogP contribution in [0.15, 0.2) is 51.8 Å². The second-order valence-electron chi connectivity index (χ2n) is 6.01. The van der Waals surface area contributed by atoms with Crippen molar-refractivity contribution < 1.29 is 12.8 Å². The molecule has 0 saturated heterocycles. The minimum atomic E-state index is -3.83. The van der Waals surface area contributed by atoms with E-state index >= 15 is 0 Å². The van der Waals surface area contributed by atoms with Crippen molar-refractivity contribution in [3.8, 4) is 5.69 Å². The lowest BCUT2D eigenvalue weighted by atomic mass is 10.2. The Morgan fingerprint density at radius 2 is 1.69 bits per heavy atom. The molecule has 26 heavy (non-hydrogen) atoms. The third kappa shape index (κ3) is 3.52. The van der Waals surface area contributed by atoms with Gasteiger partial charge >= 0.3 is 0 Å². The zero-order chi connectivity index (χ0) is 19.1. The molecule has 2 aromatic carbocycles. The summed E-state index contributed by atoms with van der Waals surface area (Å²) in [6, 6.07) is 11.2. The van der Waals surface area contributed by atoms with E-state index in [4.69, 9.17) is 0 Å². The largest absolute Gasteiger partial charge is 0.263 e. The number of nitrogens with zero attached hydrogens (tertiary/aromatic N) is 2. The molecule has 0 radical (unpaired) electrons. The molecule has 0 saturated carbocycles. The Bertz CT molecular complexity index is 1070. The Morgan fingerprint density at radius 3 is 2.31 bits per heavy atom. The summed E-state index contributed by atoms with van der Waals surface area (Å²) in [5.41, 5.74) is 2.10. The highest BCUT2D eigenvalue weighted by Crippen LogP contribution is 2.27. The molecule has 1 heterocycles. The molecule has 0 fully saturated rings. The summed E-state index contributed by atoms with van der Waals surface area (Å²) in [4.78, 5) is 0.207. The van der Waals surface area contributed by atoms with Crippen molar-refractivity contribution >= 4 is 31.8 Å². The second-order valence-corrected chi connectivity index (χ2v) is 8.54. The fraction of sp³-hybridized carbons (Fsp3) is 0.167. The molecule has 0 spiro atoms. The number of benzene rings is 2. The Morgan fingerprint density at radius 1 is 1.08 bits per heavy atom. The number of rotatable bonds is 4. The van der Waals surface area contributed by atoms with E-state index in [2.05, 4.69) is 25.8 Å². The van der Waals surface area contributed by atoms with E-state index < -0.39 is 15.8 Å². The predicted molar refractivity (Wildman–Crippen MR) is 103 cm³/mol. The standard InChI is InChI=1S/C18H17BrFN3O2S/c1-11-8-14(19)9-12(2)18(11)26(24,25)22-17-10-13(3)23(21-17)16-7-5-4-6-15(16)20/h4-10H,1-3H3,(H,21,22). The summed E-state index contributed by atoms with van der Waals surface area (Å²) >= 11 is 3.36. The van der Waals surface area contributed by atoms with Gasteiger partial charge in [-0.3, -0.25) is 4.72 Å². The van der Waals surface area contributed by atoms with Gasteiger partial charge in [0.25, 0.3) is 10.0 Å². The number of anilines is 1. The van der Waals surface area contributed by atoms with E-state index in [9.17, 15) is 12.8 Å². The average Bonchev–Trinajstić information content (AvgIpc) is 2.85. The SMILES string of the molecule is Cc1cc(Br)cc(C)c1S(=O)(=O)Nc1cc(C)n(-c2ccccc2F)n1. The molecule has 3 rings (SSSR count). The first kappa shape index (κ1) is 18.6. The van der Waals surface area contributed by atoms with Crippen molar-refractivity contribution in [2.24, 2.45) is 0 Å². The van der Waals surface area contributed by atoms with E-state index in [-0.39, 0.29) is 16.4 Å². The minimum Gasteiger partial charge on any atom is -0.262 e. The van der Waals surface area contributed by atoms with E-state index in [0.29, 0.717) is 16.8 Å². The number of nitrogens with one attached hydrogen (secondary N) is 1. The van der Waals surface area contributed by atoms with Crippen molar-refractivity contribution in [1.82, 2.24) is 9.78 Å². The lowest BCUT2D eigenvalue weighted by molar-refractivity contribution is 0.599. The smallest absolute Gasteiger partial charge is 0.262 e. The van der Waals surface area contributed by atoms with Gasteiger partial charge in [0, 0.05) is 16.2 Å². The van der Waals surface area contributed by atoms with Crippen molar-refractivity contribution in [3.63, 3.8) is 0 Å². The molecule has 8 heteroatoms. The van der Waals surface area contributed by atoms with Gasteiger partial charge in [-0.05, 0) is 56.2 Å². The van der Waals surface area contributed by atoms with E-state index in [0.717, 1.165) is 4.47 Å². The fourth-order valence-corrected chi connectivity index (χ4v) is 5.03. The van der Waals surface area contributed by atoms with Crippen LogP contribution in [0.25, 0.3) is 5.69 Å². The summed E-state index contributed by atoms with van der Waals surface area (Å²) in [6.45, 7) is 5.19. The minimum absolute atomic E-state index is 0.132. The van der Waals surface area contributed by atoms with Crippen molar-refractivity contribution in [3.05, 3.63) is 69.6 Å². The summed E-state index contributed by atoms with van der Waals surface area (Å²) in [5.74, 6) is -0.305. The van der Waals surface area contributed by atoms with Gasteiger partial charge in [0.05, 0.1) is 4.90 Å². The van der Waals surface area contributed by atoms with Gasteiger partial charge in [-0.15, -0.1) is 5.10 Å². The molecule has 5 nitrogen and oxygen atoms in total. The van der Waals surface area contributed by atoms with Crippen molar-refractivity contribution in [2.45, 2.75) is 25.7 Å². The summed E-state index contributed by atoms with van der Waals surface area (Å²) in [7, 11) is -3.83. The summed E-state index contributed by atoms with van der Waals surface area (Å²) in [5, 5.41) is 4.21. The zero-order valence-electron chi connectivity index (χ0n) is 14.4. The topological polar surface area (TPSA) is 64.0 Å². The molecule has 0 bridgehead atoms. The lowest BCUT2D eigenvalue weighted by Gasteiger charge is -2.12. The van der Waals surface area contributed by atoms with Crippen LogP contribution in [-0.4, -0.2) is 18.2 Å². The highest BCUT2D eigenvalue weighted by molar-refractivity contribution is 9.10. The number of halogens is 2. The molecule has 0 aliphatic carbocycles. The molecule has 3 aromatic rings. The third-order valence-electron chi connectivity index (χ3n) is 3.90. The maximum absolute atomic E-state index is 14.0. The molecule has 1 N–H and O–H groups in total. The maximum Gasteiger partial charge on any atom is 0.263 e. The third-order valence-corrected chi connectivity index (χ3v) is 6.02. The number of hydrogen-bond acceptors (Lipinski definition) is 3. The first-order valence-electron chi connectivity index (χ1n) is 7.80. The number of para-hydroxylation sites is 1. The molecule has 0 aliphatic rings. The Kier molecular flexibility index (Phi) is 4.90. The van der Waals surface area contributed by atoms with E-state index in [1.165, 1.54) is 10.7 Å². The maximum atomic E-state index is 14.0. The first-order valence-corrected chi connectivity index (χ1v) is 10.1. The first-order chi connectivity index (χ1) is 12.2. The molecule has 136 valence electrons. The summed E-state index contributed by atoms with van der Waals surface area (Å²) < 4.78 is 44.3. The van der Waals surface area contributed by atoms with Crippen LogP contribution in [0.2, 0.25) is 0 Å². The van der Waals surface area contributed by atoms with Gasteiger partial charge in [0.15, 0.2) is 5.82 Å². The quantitative estimate of drug-likeness (QED) is 0.653. The Balaban J connectivity index is 2.00. The molecule has 0 unspecified atom stereocenters. The van der Waals surface area contributed by atoms with Gasteiger partial charge in [-0.25, -0.2) is 17.5 Å². The lowest BCUT2D eigenvalue weighted by Crippen LogP contribution is -2.16. The van der Waals surface area contributed by atoms with Gasteiger partial charge in [-0.2, -0.15) is 0 Å². The summed E-state index contributed by atoms with van der Waals surface area (Å²) in [6.07, 6.45) is 0. The van der Waals surface area contributed by atoms with Gasteiger partial charge in [0.1, 0.15) is 11.5 Å². The Labute approximate surface area is 160 Å². The van der Waals surface area contributed by atoms with Crippen molar-refractivity contribution in [1.29, 1.82) is 0 Å². The Hall–Kier alpha value is -2.19. The number of hydrogen-bond donors (Lipinski definition) is 1. The second kappa shape index (κ2) is 6.85. The zero-order valence-corrected chi connectivity index (χ0v) is 16.8. The highest BCUT2D eigenvalue weighted by atomic mass is 79.9. The highest BCUT2D eigenvalue weighted by Gasteiger charge is 2.22. The molecule has 0 amide bonds. The normalized spacial score (nSPS) is 11.6. The van der Waals surface area contributed by atoms with Crippen LogP contribution in [0, 0.1) is 26.6 Å². The van der Waals surface area contributed by atoms with Crippen LogP contribution in [0.3, 0.4) is 0 Å². The van der Waals surface area contributed by atoms with Gasteiger partial charge < -0.3 is 0 Å². The van der Waals surface area contributed by atoms with Crippen molar-refractivity contribution in [2.75, 3.05) is 4.72 Å². The molecule has 0 atom stereocenters. The average molecular weight is 438 g/mol. The van der Waals surface area contributed by atoms with Gasteiger partial charge in [-0.1, -0.05) is 28.1 Å². The monoisotopic (exact) mass is 437 g/mol. The van der Waals surface area contributed by atoms with Crippen LogP contribution in [0.1, 0.15) is 16.8 Å². The fourth-order valence-electron chi connectivity index (χ4n) is 2.90. The van der Waals surface area contributed by atoms with Crippen LogP contribution >= 0.6 is 15.9 Å². The van der Waals surface area contributed by atoms with Crippen LogP contribution in [-0.2, 0) is 10.0 Å². The molecular formula is C18H17BrFN3O2S. The molecular weight excluding hydrogens is 421 g/mol. The van der Waals surface area contributed by atoms with E-state index in [1.54, 1.807) is 57.2 Å². The van der Waals surface area contributed by atoms with Gasteiger partial charge in [0.2, 0.25) is 0 Å². The van der Waals surface area contributed by atoms with E-state index in [1.807, 2.05) is 0 Å². The number of aryl methyl sites for hydroxylation is 3. The molecule has 1 aromatic heterocycles. The van der Waals surface area contributed by atoms with Crippen LogP contribution in [0.4, 0.5) is 10.2 Å². The number of aromatic nitrogens is 2. The molecule has 0 aliphatic heterocycles. The number of sulfonamides is 1. The van der Waals surface area contributed by atoms with Crippen LogP contribution < -0.4 is 4.72 Å².